The van der Waals surface area contributed by atoms with E-state index in [4.69, 9.17) is 0 Å². The van der Waals surface area contributed by atoms with Crippen molar-refractivity contribution in [2.45, 2.75) is 0 Å². The van der Waals surface area contributed by atoms with E-state index >= 15 is 0 Å². The first-order chi connectivity index (χ1) is 9.72. The van der Waals surface area contributed by atoms with Crippen molar-refractivity contribution in [1.82, 2.24) is 9.97 Å². The lowest BCUT2D eigenvalue weighted by Crippen LogP contribution is -1.95. The molecule has 6 heteroatoms. The number of hydrogen-bond donors (Lipinski definition) is 2. The van der Waals surface area contributed by atoms with E-state index in [9.17, 15) is 8.78 Å². The Labute approximate surface area is 113 Å². The van der Waals surface area contributed by atoms with E-state index in [-0.39, 0.29) is 5.56 Å². The fourth-order valence-corrected chi connectivity index (χ4v) is 1.77. The zero-order chi connectivity index (χ0) is 13.9. The van der Waals surface area contributed by atoms with Gasteiger partial charge in [0.15, 0.2) is 0 Å². The molecule has 0 aliphatic heterocycles. The number of hydrazone groups is 1. The molecule has 0 saturated heterocycles. The van der Waals surface area contributed by atoms with Crippen molar-refractivity contribution in [3.8, 4) is 0 Å². The summed E-state index contributed by atoms with van der Waals surface area (Å²) in [5.74, 6) is -0.838. The molecule has 0 radical (unpaired) electrons. The van der Waals surface area contributed by atoms with Crippen molar-refractivity contribution in [2.75, 3.05) is 5.43 Å². The summed E-state index contributed by atoms with van der Waals surface area (Å²) in [6, 6.07) is 10.8. The molecule has 0 fully saturated rings. The van der Waals surface area contributed by atoms with Crippen molar-refractivity contribution in [3.63, 3.8) is 0 Å². The number of halogens is 2. The van der Waals surface area contributed by atoms with Crippen LogP contribution in [0.25, 0.3) is 11.0 Å². The standard InChI is InChI=1S/C14H10F2N4/c15-10-6-5-9(11(16)7-10)8-17-20-14-18-12-3-1-2-4-13(12)19-14/h1-8H,(H2,18,19,20)/b17-8+. The van der Waals surface area contributed by atoms with Crippen LogP contribution in [0.4, 0.5) is 14.7 Å². The van der Waals surface area contributed by atoms with Gasteiger partial charge in [0.2, 0.25) is 5.95 Å². The van der Waals surface area contributed by atoms with Gasteiger partial charge < -0.3 is 4.98 Å². The molecule has 4 nitrogen and oxygen atoms in total. The van der Waals surface area contributed by atoms with E-state index in [0.29, 0.717) is 5.95 Å². The summed E-state index contributed by atoms with van der Waals surface area (Å²) < 4.78 is 26.1. The molecule has 3 rings (SSSR count). The molecular weight excluding hydrogens is 262 g/mol. The van der Waals surface area contributed by atoms with Crippen LogP contribution in [-0.2, 0) is 0 Å². The Hall–Kier alpha value is -2.76. The highest BCUT2D eigenvalue weighted by molar-refractivity contribution is 5.81. The first-order valence-corrected chi connectivity index (χ1v) is 5.91. The third-order valence-electron chi connectivity index (χ3n) is 2.73. The molecule has 100 valence electrons. The molecule has 0 spiro atoms. The zero-order valence-corrected chi connectivity index (χ0v) is 10.3. The van der Waals surface area contributed by atoms with E-state index < -0.39 is 11.6 Å². The average Bonchev–Trinajstić information content (AvgIpc) is 2.84. The van der Waals surface area contributed by atoms with Crippen LogP contribution in [0.3, 0.4) is 0 Å². The Morgan fingerprint density at radius 2 is 2.00 bits per heavy atom. The van der Waals surface area contributed by atoms with Crippen LogP contribution < -0.4 is 5.43 Å². The maximum absolute atomic E-state index is 13.4. The molecule has 20 heavy (non-hydrogen) atoms. The molecule has 3 aromatic rings. The SMILES string of the molecule is Fc1ccc(/C=N/Nc2nc3ccccc3[nH]2)c(F)c1. The summed E-state index contributed by atoms with van der Waals surface area (Å²) in [5, 5.41) is 3.87. The first kappa shape index (κ1) is 12.3. The molecule has 1 aromatic heterocycles. The number of hydrogen-bond acceptors (Lipinski definition) is 3. The second-order valence-electron chi connectivity index (χ2n) is 4.14. The summed E-state index contributed by atoms with van der Waals surface area (Å²) in [4.78, 5) is 7.26. The van der Waals surface area contributed by atoms with E-state index in [2.05, 4.69) is 20.5 Å². The Kier molecular flexibility index (Phi) is 3.12. The summed E-state index contributed by atoms with van der Waals surface area (Å²) >= 11 is 0. The van der Waals surface area contributed by atoms with E-state index in [0.717, 1.165) is 17.1 Å². The summed E-state index contributed by atoms with van der Waals surface area (Å²) in [7, 11) is 0. The third kappa shape index (κ3) is 2.49. The van der Waals surface area contributed by atoms with Gasteiger partial charge in [-0.25, -0.2) is 19.2 Å². The van der Waals surface area contributed by atoms with Gasteiger partial charge in [0, 0.05) is 11.6 Å². The number of benzene rings is 2. The number of fused-ring (bicyclic) bond motifs is 1. The first-order valence-electron chi connectivity index (χ1n) is 5.91. The maximum Gasteiger partial charge on any atom is 0.222 e. The van der Waals surface area contributed by atoms with Gasteiger partial charge in [0.05, 0.1) is 17.2 Å². The zero-order valence-electron chi connectivity index (χ0n) is 10.3. The van der Waals surface area contributed by atoms with Gasteiger partial charge in [-0.15, -0.1) is 0 Å². The van der Waals surface area contributed by atoms with Gasteiger partial charge >= 0.3 is 0 Å². The van der Waals surface area contributed by atoms with Crippen molar-refractivity contribution in [2.24, 2.45) is 5.10 Å². The van der Waals surface area contributed by atoms with Crippen LogP contribution >= 0.6 is 0 Å². The lowest BCUT2D eigenvalue weighted by molar-refractivity contribution is 0.582. The Morgan fingerprint density at radius 1 is 1.15 bits per heavy atom. The fraction of sp³-hybridized carbons (Fsp3) is 0. The predicted molar refractivity (Wildman–Crippen MR) is 73.7 cm³/mol. The van der Waals surface area contributed by atoms with Gasteiger partial charge in [-0.2, -0.15) is 5.10 Å². The summed E-state index contributed by atoms with van der Waals surface area (Å²) in [6.07, 6.45) is 1.27. The Bertz CT molecular complexity index is 747. The number of para-hydroxylation sites is 2. The molecule has 0 atom stereocenters. The largest absolute Gasteiger partial charge is 0.323 e. The molecule has 1 heterocycles. The van der Waals surface area contributed by atoms with Crippen molar-refractivity contribution >= 4 is 23.2 Å². The molecule has 0 aliphatic carbocycles. The molecular formula is C14H10F2N4. The van der Waals surface area contributed by atoms with E-state index in [1.54, 1.807) is 0 Å². The Morgan fingerprint density at radius 3 is 2.80 bits per heavy atom. The van der Waals surface area contributed by atoms with Crippen molar-refractivity contribution in [3.05, 3.63) is 59.7 Å². The second-order valence-corrected chi connectivity index (χ2v) is 4.14. The predicted octanol–water partition coefficient (Wildman–Crippen LogP) is 3.29. The van der Waals surface area contributed by atoms with Crippen LogP contribution in [0.1, 0.15) is 5.56 Å². The van der Waals surface area contributed by atoms with Gasteiger partial charge in [-0.1, -0.05) is 12.1 Å². The number of nitrogens with one attached hydrogen (secondary N) is 2. The number of aromatic amines is 1. The highest BCUT2D eigenvalue weighted by atomic mass is 19.1. The van der Waals surface area contributed by atoms with E-state index in [1.165, 1.54) is 18.3 Å². The lowest BCUT2D eigenvalue weighted by atomic mass is 10.2. The quantitative estimate of drug-likeness (QED) is 0.568. The highest BCUT2D eigenvalue weighted by Crippen LogP contribution is 2.13. The Balaban J connectivity index is 1.76. The minimum Gasteiger partial charge on any atom is -0.323 e. The number of aromatic nitrogens is 2. The van der Waals surface area contributed by atoms with Crippen LogP contribution in [0.2, 0.25) is 0 Å². The molecule has 0 saturated carbocycles. The number of anilines is 1. The topological polar surface area (TPSA) is 53.1 Å². The minimum absolute atomic E-state index is 0.190. The van der Waals surface area contributed by atoms with Gasteiger partial charge in [0.25, 0.3) is 0 Å². The third-order valence-corrected chi connectivity index (χ3v) is 2.73. The van der Waals surface area contributed by atoms with Crippen LogP contribution in [0.5, 0.6) is 0 Å². The second kappa shape index (κ2) is 5.08. The van der Waals surface area contributed by atoms with E-state index in [1.807, 2.05) is 24.3 Å². The van der Waals surface area contributed by atoms with Crippen LogP contribution in [-0.4, -0.2) is 16.2 Å². The van der Waals surface area contributed by atoms with Crippen LogP contribution in [0.15, 0.2) is 47.6 Å². The number of nitrogens with zero attached hydrogens (tertiary/aromatic N) is 2. The monoisotopic (exact) mass is 272 g/mol. The number of imidazole rings is 1. The molecule has 2 aromatic carbocycles. The average molecular weight is 272 g/mol. The van der Waals surface area contributed by atoms with Gasteiger partial charge in [0.1, 0.15) is 11.6 Å². The number of H-pyrrole nitrogens is 1. The smallest absolute Gasteiger partial charge is 0.222 e. The van der Waals surface area contributed by atoms with Crippen molar-refractivity contribution in [1.29, 1.82) is 0 Å². The molecule has 2 N–H and O–H groups in total. The lowest BCUT2D eigenvalue weighted by Gasteiger charge is -1.96. The van der Waals surface area contributed by atoms with Gasteiger partial charge in [-0.3, -0.25) is 0 Å². The van der Waals surface area contributed by atoms with Gasteiger partial charge in [-0.05, 0) is 24.3 Å². The highest BCUT2D eigenvalue weighted by Gasteiger charge is 2.02. The molecule has 0 unspecified atom stereocenters. The molecule has 0 amide bonds. The number of rotatable bonds is 3. The fourth-order valence-electron chi connectivity index (χ4n) is 1.77. The summed E-state index contributed by atoms with van der Waals surface area (Å²) in [6.45, 7) is 0. The minimum atomic E-state index is -0.667. The van der Waals surface area contributed by atoms with Crippen LogP contribution in [0, 0.1) is 11.6 Å². The maximum atomic E-state index is 13.4. The molecule has 0 aliphatic rings. The van der Waals surface area contributed by atoms with Crippen molar-refractivity contribution < 1.29 is 8.78 Å². The normalized spacial score (nSPS) is 11.3. The summed E-state index contributed by atoms with van der Waals surface area (Å²) in [5.41, 5.74) is 4.53. The molecule has 0 bridgehead atoms.